The molecule has 2 rings (SSSR count). The van der Waals surface area contributed by atoms with Crippen LogP contribution >= 0.6 is 11.6 Å². The summed E-state index contributed by atoms with van der Waals surface area (Å²) < 4.78 is 0. The van der Waals surface area contributed by atoms with Crippen molar-refractivity contribution in [3.8, 4) is 0 Å². The second-order valence-electron chi connectivity index (χ2n) is 2.97. The summed E-state index contributed by atoms with van der Waals surface area (Å²) in [5, 5.41) is 0.513. The van der Waals surface area contributed by atoms with Crippen molar-refractivity contribution in [3.63, 3.8) is 0 Å². The third-order valence-electron chi connectivity index (χ3n) is 2.41. The van der Waals surface area contributed by atoms with Crippen molar-refractivity contribution in [3.05, 3.63) is 5.92 Å². The largest absolute Gasteiger partial charge is 0.123 e. The van der Waals surface area contributed by atoms with Crippen LogP contribution in [0.1, 0.15) is 25.7 Å². The first-order valence-electron chi connectivity index (χ1n) is 3.34. The van der Waals surface area contributed by atoms with E-state index < -0.39 is 0 Å². The molecular weight excluding hydrogens is 120 g/mol. The third-order valence-corrected chi connectivity index (χ3v) is 2.93. The lowest BCUT2D eigenvalue weighted by Crippen LogP contribution is -2.07. The number of rotatable bonds is 0. The molecule has 2 fully saturated rings. The Kier molecular flexibility index (Phi) is 1.04. The quantitative estimate of drug-likeness (QED) is 0.441. The van der Waals surface area contributed by atoms with Gasteiger partial charge in [-0.1, -0.05) is 0 Å². The smallest absolute Gasteiger partial charge is 0.0370 e. The van der Waals surface area contributed by atoms with E-state index in [1.165, 1.54) is 25.7 Å². The number of hydrogen-bond donors (Lipinski definition) is 0. The first-order valence-corrected chi connectivity index (χ1v) is 3.77. The molecule has 2 aliphatic rings. The van der Waals surface area contributed by atoms with Crippen LogP contribution in [0.2, 0.25) is 0 Å². The molecule has 45 valence electrons. The van der Waals surface area contributed by atoms with E-state index in [0.29, 0.717) is 5.38 Å². The molecule has 0 amide bonds. The zero-order valence-corrected chi connectivity index (χ0v) is 5.62. The second kappa shape index (κ2) is 1.63. The molecule has 0 aromatic rings. The van der Waals surface area contributed by atoms with E-state index in [-0.39, 0.29) is 0 Å². The highest BCUT2D eigenvalue weighted by Crippen LogP contribution is 2.48. The lowest BCUT2D eigenvalue weighted by Gasteiger charge is -2.12. The Bertz CT molecular complexity index is 98.6. The SMILES string of the molecule is ClC1C[C]2CCC1C2. The van der Waals surface area contributed by atoms with E-state index in [0.717, 1.165) is 5.92 Å². The van der Waals surface area contributed by atoms with E-state index in [1.54, 1.807) is 5.92 Å². The van der Waals surface area contributed by atoms with Crippen LogP contribution in [0.3, 0.4) is 0 Å². The van der Waals surface area contributed by atoms with Gasteiger partial charge in [-0.2, -0.15) is 0 Å². The van der Waals surface area contributed by atoms with Gasteiger partial charge in [-0.15, -0.1) is 11.6 Å². The monoisotopic (exact) mass is 129 g/mol. The van der Waals surface area contributed by atoms with Crippen LogP contribution in [0.5, 0.6) is 0 Å². The van der Waals surface area contributed by atoms with Crippen molar-refractivity contribution < 1.29 is 0 Å². The molecule has 1 radical (unpaired) electrons. The average Bonchev–Trinajstić information content (AvgIpc) is 2.23. The van der Waals surface area contributed by atoms with Crippen molar-refractivity contribution in [2.45, 2.75) is 31.1 Å². The molecule has 0 saturated heterocycles. The molecule has 0 N–H and O–H groups in total. The van der Waals surface area contributed by atoms with Crippen LogP contribution in [0.25, 0.3) is 0 Å². The first-order chi connectivity index (χ1) is 3.86. The Hall–Kier alpha value is 0.290. The Morgan fingerprint density at radius 3 is 2.50 bits per heavy atom. The van der Waals surface area contributed by atoms with Gasteiger partial charge in [0.25, 0.3) is 0 Å². The summed E-state index contributed by atoms with van der Waals surface area (Å²) in [7, 11) is 0. The fraction of sp³-hybridized carbons (Fsp3) is 0.857. The van der Waals surface area contributed by atoms with Crippen molar-refractivity contribution in [2.75, 3.05) is 0 Å². The predicted molar refractivity (Wildman–Crippen MR) is 34.8 cm³/mol. The van der Waals surface area contributed by atoms with Gasteiger partial charge in [0.15, 0.2) is 0 Å². The molecule has 0 heterocycles. The first kappa shape index (κ1) is 5.10. The molecule has 0 aliphatic heterocycles. The van der Waals surface area contributed by atoms with Gasteiger partial charge in [0.1, 0.15) is 0 Å². The molecule has 0 spiro atoms. The summed E-state index contributed by atoms with van der Waals surface area (Å²) in [5.41, 5.74) is 0. The normalized spacial score (nSPS) is 46.1. The topological polar surface area (TPSA) is 0 Å². The number of alkyl halides is 1. The maximum Gasteiger partial charge on any atom is 0.0370 e. The minimum absolute atomic E-state index is 0.513. The Morgan fingerprint density at radius 2 is 2.25 bits per heavy atom. The summed E-state index contributed by atoms with van der Waals surface area (Å²) >= 11 is 5.99. The third kappa shape index (κ3) is 0.589. The zero-order valence-electron chi connectivity index (χ0n) is 4.86. The zero-order chi connectivity index (χ0) is 5.56. The molecule has 2 atom stereocenters. The Balaban J connectivity index is 2.11. The standard InChI is InChI=1S/C7H10Cl/c8-7-4-5-1-2-6(7)3-5/h6-7H,1-4H2. The van der Waals surface area contributed by atoms with Crippen LogP contribution in [0.15, 0.2) is 0 Å². The molecule has 8 heavy (non-hydrogen) atoms. The molecule has 2 aliphatic carbocycles. The summed E-state index contributed by atoms with van der Waals surface area (Å²) in [6.07, 6.45) is 5.35. The highest BCUT2D eigenvalue weighted by molar-refractivity contribution is 6.21. The summed E-state index contributed by atoms with van der Waals surface area (Å²) in [4.78, 5) is 0. The molecule has 2 unspecified atom stereocenters. The maximum absolute atomic E-state index is 5.99. The van der Waals surface area contributed by atoms with Crippen LogP contribution in [-0.2, 0) is 0 Å². The highest BCUT2D eigenvalue weighted by atomic mass is 35.5. The number of fused-ring (bicyclic) bond motifs is 2. The lowest BCUT2D eigenvalue weighted by atomic mass is 10.0. The molecule has 1 heteroatoms. The van der Waals surface area contributed by atoms with Crippen LogP contribution in [0.4, 0.5) is 0 Å². The summed E-state index contributed by atoms with van der Waals surface area (Å²) in [6.45, 7) is 0. The summed E-state index contributed by atoms with van der Waals surface area (Å²) in [6, 6.07) is 0. The Labute approximate surface area is 55.2 Å². The van der Waals surface area contributed by atoms with Crippen molar-refractivity contribution in [2.24, 2.45) is 5.92 Å². The minimum atomic E-state index is 0.513. The molecule has 0 aromatic carbocycles. The van der Waals surface area contributed by atoms with Crippen LogP contribution < -0.4 is 0 Å². The second-order valence-corrected chi connectivity index (χ2v) is 3.53. The van der Waals surface area contributed by atoms with Gasteiger partial charge in [0.05, 0.1) is 0 Å². The lowest BCUT2D eigenvalue weighted by molar-refractivity contribution is 0.536. The van der Waals surface area contributed by atoms with Gasteiger partial charge < -0.3 is 0 Å². The van der Waals surface area contributed by atoms with Gasteiger partial charge in [-0.3, -0.25) is 0 Å². The number of halogens is 1. The summed E-state index contributed by atoms with van der Waals surface area (Å²) in [5.74, 6) is 2.60. The van der Waals surface area contributed by atoms with Gasteiger partial charge in [-0.05, 0) is 37.5 Å². The molecule has 2 bridgehead atoms. The fourth-order valence-electron chi connectivity index (χ4n) is 1.90. The Morgan fingerprint density at radius 1 is 1.38 bits per heavy atom. The van der Waals surface area contributed by atoms with Crippen LogP contribution in [-0.4, -0.2) is 5.38 Å². The van der Waals surface area contributed by atoms with Gasteiger partial charge >= 0.3 is 0 Å². The van der Waals surface area contributed by atoms with E-state index in [2.05, 4.69) is 0 Å². The fourth-order valence-corrected chi connectivity index (χ4v) is 2.33. The van der Waals surface area contributed by atoms with E-state index in [9.17, 15) is 0 Å². The highest BCUT2D eigenvalue weighted by Gasteiger charge is 2.38. The molecule has 0 nitrogen and oxygen atoms in total. The van der Waals surface area contributed by atoms with Crippen molar-refractivity contribution in [1.82, 2.24) is 0 Å². The molecule has 2 saturated carbocycles. The maximum atomic E-state index is 5.99. The van der Waals surface area contributed by atoms with E-state index in [1.807, 2.05) is 0 Å². The van der Waals surface area contributed by atoms with Crippen molar-refractivity contribution in [1.29, 1.82) is 0 Å². The van der Waals surface area contributed by atoms with E-state index in [4.69, 9.17) is 11.6 Å². The average molecular weight is 130 g/mol. The van der Waals surface area contributed by atoms with Crippen LogP contribution in [0, 0.1) is 11.8 Å². The van der Waals surface area contributed by atoms with Gasteiger partial charge in [-0.25, -0.2) is 0 Å². The van der Waals surface area contributed by atoms with E-state index >= 15 is 0 Å². The minimum Gasteiger partial charge on any atom is -0.123 e. The van der Waals surface area contributed by atoms with Crippen molar-refractivity contribution >= 4 is 11.6 Å². The predicted octanol–water partition coefficient (Wildman–Crippen LogP) is 2.37. The number of hydrogen-bond acceptors (Lipinski definition) is 0. The molecular formula is C7H10Cl. The molecule has 0 aromatic heterocycles. The van der Waals surface area contributed by atoms with Gasteiger partial charge in [0, 0.05) is 5.38 Å². The van der Waals surface area contributed by atoms with Gasteiger partial charge in [0.2, 0.25) is 0 Å².